The van der Waals surface area contributed by atoms with Gasteiger partial charge in [0.2, 0.25) is 0 Å². The van der Waals surface area contributed by atoms with Gasteiger partial charge in [-0.05, 0) is 18.8 Å². The first-order valence-corrected chi connectivity index (χ1v) is 3.03. The molecule has 1 atom stereocenters. The maximum absolute atomic E-state index is 4.26. The van der Waals surface area contributed by atoms with Crippen molar-refractivity contribution in [2.75, 3.05) is 13.1 Å². The van der Waals surface area contributed by atoms with Crippen molar-refractivity contribution in [2.45, 2.75) is 19.8 Å². The lowest BCUT2D eigenvalue weighted by atomic mass is 10.0. The average Bonchev–Trinajstić information content (AvgIpc) is 1.69. The second kappa shape index (κ2) is 2.31. The summed E-state index contributed by atoms with van der Waals surface area (Å²) in [5, 5.41) is 4.26. The van der Waals surface area contributed by atoms with Crippen LogP contribution in [0.1, 0.15) is 19.8 Å². The fraction of sp³-hybridized carbons (Fsp3) is 1.00. The van der Waals surface area contributed by atoms with Crippen LogP contribution in [0.25, 0.3) is 0 Å². The van der Waals surface area contributed by atoms with Gasteiger partial charge >= 0.3 is 0 Å². The Morgan fingerprint density at radius 1 is 1.57 bits per heavy atom. The van der Waals surface area contributed by atoms with Crippen molar-refractivity contribution in [3.05, 3.63) is 0 Å². The van der Waals surface area contributed by atoms with Crippen molar-refractivity contribution in [1.82, 2.24) is 5.32 Å². The van der Waals surface area contributed by atoms with E-state index in [2.05, 4.69) is 12.2 Å². The third kappa shape index (κ3) is 1.48. The molecule has 1 heteroatoms. The number of rotatable bonds is 0. The predicted molar refractivity (Wildman–Crippen MR) is 30.3 cm³/mol. The molecule has 1 radical (unpaired) electrons. The van der Waals surface area contributed by atoms with Crippen LogP contribution in [-0.4, -0.2) is 13.1 Å². The van der Waals surface area contributed by atoms with Gasteiger partial charge in [0, 0.05) is 13.1 Å². The van der Waals surface area contributed by atoms with Crippen LogP contribution >= 0.6 is 0 Å². The van der Waals surface area contributed by atoms with E-state index in [-0.39, 0.29) is 0 Å². The number of nitrogens with zero attached hydrogens (tertiary/aromatic N) is 1. The molecule has 0 aromatic rings. The number of hydrogen-bond donors (Lipinski definition) is 0. The van der Waals surface area contributed by atoms with Crippen molar-refractivity contribution in [3.63, 3.8) is 0 Å². The molecule has 0 spiro atoms. The molecule has 1 nitrogen and oxygen atoms in total. The minimum absolute atomic E-state index is 0.869. The molecule has 1 aliphatic heterocycles. The van der Waals surface area contributed by atoms with Crippen molar-refractivity contribution in [3.8, 4) is 0 Å². The van der Waals surface area contributed by atoms with Gasteiger partial charge in [-0.25, -0.2) is 5.32 Å². The van der Waals surface area contributed by atoms with Crippen LogP contribution in [0.2, 0.25) is 0 Å². The van der Waals surface area contributed by atoms with E-state index in [1.54, 1.807) is 0 Å². The summed E-state index contributed by atoms with van der Waals surface area (Å²) in [4.78, 5) is 0. The molecule has 0 aliphatic carbocycles. The lowest BCUT2D eigenvalue weighted by molar-refractivity contribution is 0.398. The highest BCUT2D eigenvalue weighted by atomic mass is 14.9. The average molecular weight is 98.2 g/mol. The standard InChI is InChI=1S/C6H12N/c1-6-3-2-4-7-5-6/h6H,2-5H2,1H3/t6-/m0/s1. The normalized spacial score (nSPS) is 33.0. The summed E-state index contributed by atoms with van der Waals surface area (Å²) in [6.07, 6.45) is 2.71. The number of piperidine rings is 1. The summed E-state index contributed by atoms with van der Waals surface area (Å²) in [5.74, 6) is 0.869. The smallest absolute Gasteiger partial charge is 0.0159 e. The lowest BCUT2D eigenvalue weighted by Crippen LogP contribution is -2.21. The van der Waals surface area contributed by atoms with Crippen LogP contribution in [0, 0.1) is 5.92 Å². The van der Waals surface area contributed by atoms with Gasteiger partial charge in [-0.3, -0.25) is 0 Å². The molecule has 1 rings (SSSR count). The third-order valence-corrected chi connectivity index (χ3v) is 1.45. The highest BCUT2D eigenvalue weighted by molar-refractivity contribution is 4.62. The molecule has 1 aliphatic rings. The van der Waals surface area contributed by atoms with Gasteiger partial charge in [-0.15, -0.1) is 0 Å². The van der Waals surface area contributed by atoms with Crippen molar-refractivity contribution in [1.29, 1.82) is 0 Å². The molecule has 0 N–H and O–H groups in total. The van der Waals surface area contributed by atoms with E-state index in [4.69, 9.17) is 0 Å². The summed E-state index contributed by atoms with van der Waals surface area (Å²) in [7, 11) is 0. The minimum atomic E-state index is 0.869. The molecule has 41 valence electrons. The quantitative estimate of drug-likeness (QED) is 0.429. The van der Waals surface area contributed by atoms with Gasteiger partial charge < -0.3 is 0 Å². The first-order chi connectivity index (χ1) is 3.39. The Morgan fingerprint density at radius 2 is 2.43 bits per heavy atom. The summed E-state index contributed by atoms with van der Waals surface area (Å²) < 4.78 is 0. The highest BCUT2D eigenvalue weighted by Gasteiger charge is 2.06. The largest absolute Gasteiger partial charge is 0.242 e. The Morgan fingerprint density at radius 3 is 2.71 bits per heavy atom. The molecular weight excluding hydrogens is 86.1 g/mol. The van der Waals surface area contributed by atoms with Crippen LogP contribution in [0.5, 0.6) is 0 Å². The van der Waals surface area contributed by atoms with Gasteiger partial charge in [0.25, 0.3) is 0 Å². The van der Waals surface area contributed by atoms with Gasteiger partial charge in [-0.2, -0.15) is 0 Å². The Bertz CT molecular complexity index is 46.1. The molecule has 1 saturated heterocycles. The lowest BCUT2D eigenvalue weighted by Gasteiger charge is -2.15. The van der Waals surface area contributed by atoms with E-state index in [9.17, 15) is 0 Å². The van der Waals surface area contributed by atoms with Gasteiger partial charge in [-0.1, -0.05) is 6.92 Å². The SMILES string of the molecule is C[C@H]1CCC[N]C1. The van der Waals surface area contributed by atoms with Crippen molar-refractivity contribution < 1.29 is 0 Å². The van der Waals surface area contributed by atoms with Crippen LogP contribution in [0.15, 0.2) is 0 Å². The fourth-order valence-corrected chi connectivity index (χ4v) is 0.955. The Labute approximate surface area is 45.1 Å². The molecule has 1 fully saturated rings. The van der Waals surface area contributed by atoms with Crippen LogP contribution in [0.4, 0.5) is 0 Å². The monoisotopic (exact) mass is 98.1 g/mol. The molecule has 0 saturated carbocycles. The van der Waals surface area contributed by atoms with Gasteiger partial charge in [0.05, 0.1) is 0 Å². The van der Waals surface area contributed by atoms with E-state index in [0.29, 0.717) is 0 Å². The Balaban J connectivity index is 2.12. The molecule has 7 heavy (non-hydrogen) atoms. The Hall–Kier alpha value is -0.0400. The van der Waals surface area contributed by atoms with Crippen LogP contribution in [0.3, 0.4) is 0 Å². The van der Waals surface area contributed by atoms with Gasteiger partial charge in [0.15, 0.2) is 0 Å². The van der Waals surface area contributed by atoms with E-state index >= 15 is 0 Å². The first-order valence-electron chi connectivity index (χ1n) is 3.03. The zero-order valence-electron chi connectivity index (χ0n) is 4.85. The topological polar surface area (TPSA) is 14.1 Å². The molecule has 0 aromatic carbocycles. The summed E-state index contributed by atoms with van der Waals surface area (Å²) >= 11 is 0. The number of hydrogen-bond acceptors (Lipinski definition) is 0. The second-order valence-electron chi connectivity index (χ2n) is 2.38. The second-order valence-corrected chi connectivity index (χ2v) is 2.38. The minimum Gasteiger partial charge on any atom is -0.242 e. The molecule has 0 aromatic heterocycles. The third-order valence-electron chi connectivity index (χ3n) is 1.45. The van der Waals surface area contributed by atoms with Crippen LogP contribution < -0.4 is 5.32 Å². The van der Waals surface area contributed by atoms with E-state index < -0.39 is 0 Å². The molecular formula is C6H12N. The predicted octanol–water partition coefficient (Wildman–Crippen LogP) is 1.02. The van der Waals surface area contributed by atoms with Crippen LogP contribution in [-0.2, 0) is 0 Å². The Kier molecular flexibility index (Phi) is 1.69. The van der Waals surface area contributed by atoms with E-state index in [0.717, 1.165) is 19.0 Å². The summed E-state index contributed by atoms with van der Waals surface area (Å²) in [6.45, 7) is 4.49. The first kappa shape index (κ1) is 5.10. The molecule has 0 amide bonds. The van der Waals surface area contributed by atoms with Crippen molar-refractivity contribution in [2.24, 2.45) is 5.92 Å². The van der Waals surface area contributed by atoms with Gasteiger partial charge in [0.1, 0.15) is 0 Å². The summed E-state index contributed by atoms with van der Waals surface area (Å²) in [6, 6.07) is 0. The van der Waals surface area contributed by atoms with Crippen molar-refractivity contribution >= 4 is 0 Å². The van der Waals surface area contributed by atoms with E-state index in [1.165, 1.54) is 12.8 Å². The molecule has 0 unspecified atom stereocenters. The molecule has 1 heterocycles. The highest BCUT2D eigenvalue weighted by Crippen LogP contribution is 2.07. The maximum Gasteiger partial charge on any atom is 0.0159 e. The zero-order chi connectivity index (χ0) is 5.11. The molecule has 0 bridgehead atoms. The zero-order valence-corrected chi connectivity index (χ0v) is 4.85. The van der Waals surface area contributed by atoms with E-state index in [1.807, 2.05) is 0 Å². The maximum atomic E-state index is 4.26. The summed E-state index contributed by atoms with van der Waals surface area (Å²) in [5.41, 5.74) is 0. The fourth-order valence-electron chi connectivity index (χ4n) is 0.955.